The predicted octanol–water partition coefficient (Wildman–Crippen LogP) is 4.36. The Kier molecular flexibility index (Phi) is 21.1. The van der Waals surface area contributed by atoms with Crippen LogP contribution in [0.1, 0.15) is 93.8 Å². The number of rotatable bonds is 27. The fourth-order valence-corrected chi connectivity index (χ4v) is 9.62. The van der Waals surface area contributed by atoms with Crippen molar-refractivity contribution in [3.05, 3.63) is 35.4 Å². The van der Waals surface area contributed by atoms with E-state index in [1.807, 2.05) is 20.4 Å². The van der Waals surface area contributed by atoms with E-state index in [1.165, 1.54) is 6.07 Å². The van der Waals surface area contributed by atoms with Crippen LogP contribution in [0, 0.1) is 0 Å². The lowest BCUT2D eigenvalue weighted by Crippen LogP contribution is -2.40. The standard InChI is InChI=1S/C31H56N2O10Si2/c1-5-40-44(3,24-14-20-32-28(34)18-8-7-9-19-29(35)36)42-22-12-13-23-43-45(4,41-6-2)25-15-21-33-30(37)26-16-10-11-17-27(26)31(38)39/h10-11,16-17,31,38-39H,5-9,12-15,18-25H2,1-4H3,(H,32,34)(H,33,37)(H,35,36). The molecule has 0 spiro atoms. The minimum atomic E-state index is -2.43. The van der Waals surface area contributed by atoms with Crippen LogP contribution in [-0.2, 0) is 27.3 Å². The number of carboxylic acid groups (broad SMARTS) is 1. The molecule has 45 heavy (non-hydrogen) atoms. The molecule has 258 valence electrons. The molecule has 0 aromatic heterocycles. The highest BCUT2D eigenvalue weighted by atomic mass is 28.4. The topological polar surface area (TPSA) is 173 Å². The van der Waals surface area contributed by atoms with Crippen LogP contribution < -0.4 is 10.6 Å². The highest BCUT2D eigenvalue weighted by Crippen LogP contribution is 2.19. The second kappa shape index (κ2) is 23.2. The summed E-state index contributed by atoms with van der Waals surface area (Å²) in [7, 11) is -4.80. The molecule has 0 bridgehead atoms. The van der Waals surface area contributed by atoms with E-state index in [2.05, 4.69) is 17.2 Å². The molecule has 0 saturated carbocycles. The van der Waals surface area contributed by atoms with E-state index in [0.29, 0.717) is 71.2 Å². The zero-order valence-electron chi connectivity index (χ0n) is 27.6. The molecule has 0 saturated heterocycles. The van der Waals surface area contributed by atoms with Gasteiger partial charge in [-0.05, 0) is 83.6 Å². The summed E-state index contributed by atoms with van der Waals surface area (Å²) in [5.74, 6) is -1.17. The zero-order chi connectivity index (χ0) is 33.6. The van der Waals surface area contributed by atoms with E-state index in [0.717, 1.165) is 31.7 Å². The Balaban J connectivity index is 2.32. The quantitative estimate of drug-likeness (QED) is 0.0514. The van der Waals surface area contributed by atoms with E-state index < -0.39 is 29.4 Å². The molecule has 1 aromatic carbocycles. The Morgan fingerprint density at radius 3 is 1.80 bits per heavy atom. The average molecular weight is 673 g/mol. The molecule has 5 N–H and O–H groups in total. The van der Waals surface area contributed by atoms with Gasteiger partial charge in [0.25, 0.3) is 5.91 Å². The third-order valence-corrected chi connectivity index (χ3v) is 13.2. The molecule has 14 heteroatoms. The summed E-state index contributed by atoms with van der Waals surface area (Å²) in [5, 5.41) is 33.5. The van der Waals surface area contributed by atoms with Gasteiger partial charge in [-0.15, -0.1) is 0 Å². The fraction of sp³-hybridized carbons (Fsp3) is 0.710. The molecule has 0 fully saturated rings. The first-order chi connectivity index (χ1) is 21.4. The highest BCUT2D eigenvalue weighted by Gasteiger charge is 2.32. The maximum absolute atomic E-state index is 12.5. The molecule has 2 amide bonds. The number of carbonyl (C=O) groups excluding carboxylic acids is 2. The maximum Gasteiger partial charge on any atom is 0.334 e. The van der Waals surface area contributed by atoms with Crippen molar-refractivity contribution in [1.82, 2.24) is 10.6 Å². The van der Waals surface area contributed by atoms with Crippen LogP contribution in [0.2, 0.25) is 25.2 Å². The Labute approximate surface area is 270 Å². The van der Waals surface area contributed by atoms with E-state index in [-0.39, 0.29) is 29.4 Å². The van der Waals surface area contributed by atoms with Crippen molar-refractivity contribution in [2.75, 3.05) is 39.5 Å². The van der Waals surface area contributed by atoms with Crippen LogP contribution in [0.15, 0.2) is 24.3 Å². The van der Waals surface area contributed by atoms with Crippen LogP contribution in [0.25, 0.3) is 0 Å². The van der Waals surface area contributed by atoms with E-state index in [1.54, 1.807) is 18.2 Å². The van der Waals surface area contributed by atoms with Gasteiger partial charge >= 0.3 is 23.1 Å². The van der Waals surface area contributed by atoms with Crippen molar-refractivity contribution in [3.63, 3.8) is 0 Å². The number of nitrogens with one attached hydrogen (secondary N) is 2. The monoisotopic (exact) mass is 672 g/mol. The molecule has 0 radical (unpaired) electrons. The third-order valence-electron chi connectivity index (χ3n) is 7.25. The third kappa shape index (κ3) is 18.5. The number of hydrogen-bond donors (Lipinski definition) is 5. The molecule has 1 rings (SSSR count). The second-order valence-corrected chi connectivity index (χ2v) is 18.0. The SMILES string of the molecule is CCO[Si](C)(CCCNC(=O)CCCCCC(=O)O)OCCCCO[Si](C)(CCCNC(=O)c1ccccc1C(O)O)OCC. The Hall–Kier alpha value is -2.18. The first-order valence-electron chi connectivity index (χ1n) is 16.2. The van der Waals surface area contributed by atoms with Crippen molar-refractivity contribution in [2.24, 2.45) is 0 Å². The summed E-state index contributed by atoms with van der Waals surface area (Å²) in [6, 6.07) is 7.89. The summed E-state index contributed by atoms with van der Waals surface area (Å²) in [4.78, 5) is 35.1. The van der Waals surface area contributed by atoms with Gasteiger partial charge in [0, 0.05) is 63.5 Å². The minimum Gasteiger partial charge on any atom is -0.481 e. The van der Waals surface area contributed by atoms with E-state index in [9.17, 15) is 24.6 Å². The average Bonchev–Trinajstić information content (AvgIpc) is 2.99. The largest absolute Gasteiger partial charge is 0.481 e. The summed E-state index contributed by atoms with van der Waals surface area (Å²) < 4.78 is 24.5. The van der Waals surface area contributed by atoms with Crippen LogP contribution >= 0.6 is 0 Å². The number of amides is 2. The summed E-state index contributed by atoms with van der Waals surface area (Å²) >= 11 is 0. The summed E-state index contributed by atoms with van der Waals surface area (Å²) in [6.45, 7) is 11.2. The first-order valence-corrected chi connectivity index (χ1v) is 21.3. The summed E-state index contributed by atoms with van der Waals surface area (Å²) in [5.41, 5.74) is 0.410. The van der Waals surface area contributed by atoms with Gasteiger partial charge in [-0.1, -0.05) is 24.6 Å². The van der Waals surface area contributed by atoms with Gasteiger partial charge in [-0.3, -0.25) is 14.4 Å². The highest BCUT2D eigenvalue weighted by molar-refractivity contribution is 6.66. The summed E-state index contributed by atoms with van der Waals surface area (Å²) in [6.07, 6.45) is 3.93. The number of carbonyl (C=O) groups is 3. The van der Waals surface area contributed by atoms with Gasteiger partial charge in [0.05, 0.1) is 0 Å². The van der Waals surface area contributed by atoms with Crippen molar-refractivity contribution >= 4 is 34.9 Å². The molecule has 2 unspecified atom stereocenters. The first kappa shape index (κ1) is 40.8. The molecule has 2 atom stereocenters. The van der Waals surface area contributed by atoms with Crippen LogP contribution in [-0.4, -0.2) is 89.7 Å². The van der Waals surface area contributed by atoms with Crippen molar-refractivity contribution in [3.8, 4) is 0 Å². The van der Waals surface area contributed by atoms with Crippen molar-refractivity contribution < 1.29 is 47.4 Å². The molecule has 0 aliphatic carbocycles. The number of carboxylic acids is 1. The van der Waals surface area contributed by atoms with Crippen molar-refractivity contribution in [1.29, 1.82) is 0 Å². The lowest BCUT2D eigenvalue weighted by atomic mass is 10.1. The van der Waals surface area contributed by atoms with Crippen LogP contribution in [0.3, 0.4) is 0 Å². The van der Waals surface area contributed by atoms with Gasteiger partial charge in [0.1, 0.15) is 0 Å². The normalized spacial score (nSPS) is 14.1. The zero-order valence-corrected chi connectivity index (χ0v) is 29.6. The van der Waals surface area contributed by atoms with Crippen molar-refractivity contribution in [2.45, 2.75) is 103 Å². The molecule has 12 nitrogen and oxygen atoms in total. The fourth-order valence-electron chi connectivity index (χ4n) is 4.86. The van der Waals surface area contributed by atoms with Crippen LogP contribution in [0.4, 0.5) is 0 Å². The Bertz CT molecular complexity index is 1000. The van der Waals surface area contributed by atoms with Gasteiger partial charge < -0.3 is 43.7 Å². The number of aliphatic hydroxyl groups excluding tert-OH is 1. The van der Waals surface area contributed by atoms with Gasteiger partial charge in [0.15, 0.2) is 6.29 Å². The smallest absolute Gasteiger partial charge is 0.334 e. The molecular formula is C31H56N2O10Si2. The molecule has 1 aromatic rings. The van der Waals surface area contributed by atoms with Gasteiger partial charge in [-0.25, -0.2) is 0 Å². The number of aliphatic carboxylic acids is 1. The number of hydrogen-bond acceptors (Lipinski definition) is 9. The van der Waals surface area contributed by atoms with Gasteiger partial charge in [0.2, 0.25) is 5.91 Å². The second-order valence-electron chi connectivity index (χ2n) is 11.3. The number of aliphatic hydroxyl groups is 2. The molecular weight excluding hydrogens is 617 g/mol. The van der Waals surface area contributed by atoms with E-state index >= 15 is 0 Å². The molecule has 0 aliphatic rings. The lowest BCUT2D eigenvalue weighted by Gasteiger charge is -2.28. The number of unbranched alkanes of at least 4 members (excludes halogenated alkanes) is 3. The maximum atomic E-state index is 12.5. The Morgan fingerprint density at radius 1 is 0.733 bits per heavy atom. The molecule has 0 heterocycles. The number of benzene rings is 1. The molecule has 0 aliphatic heterocycles. The van der Waals surface area contributed by atoms with Gasteiger partial charge in [-0.2, -0.15) is 0 Å². The minimum absolute atomic E-state index is 0.0112. The Morgan fingerprint density at radius 2 is 1.27 bits per heavy atom. The van der Waals surface area contributed by atoms with E-state index in [4.69, 9.17) is 22.8 Å². The predicted molar refractivity (Wildman–Crippen MR) is 176 cm³/mol. The lowest BCUT2D eigenvalue weighted by molar-refractivity contribution is -0.137. The van der Waals surface area contributed by atoms with Crippen LogP contribution in [0.5, 0.6) is 0 Å².